The number of aromatic nitrogens is 2. The number of hydrogen-bond acceptors (Lipinski definition) is 4. The fraction of sp³-hybridized carbons (Fsp3) is 0.200. The van der Waals surface area contributed by atoms with Crippen molar-refractivity contribution < 1.29 is 22.3 Å². The number of alkyl halides is 3. The van der Waals surface area contributed by atoms with Crippen LogP contribution in [-0.4, -0.2) is 16.7 Å². The molecule has 0 bridgehead atoms. The maximum atomic E-state index is 13.6. The Labute approximate surface area is 173 Å². The highest BCUT2D eigenvalue weighted by Crippen LogP contribution is 2.32. The number of nitrogens with zero attached hydrogens (tertiary/aromatic N) is 2. The SMILES string of the molecule is COc1cn(Cc2ccc(F)c(C(F)(F)F)c2)c(Nc2cccc(Cl)c2C)nc1=O. The molecule has 0 fully saturated rings. The van der Waals surface area contributed by atoms with Gasteiger partial charge in [-0.15, -0.1) is 0 Å². The van der Waals surface area contributed by atoms with E-state index in [1.54, 1.807) is 25.1 Å². The quantitative estimate of drug-likeness (QED) is 0.555. The van der Waals surface area contributed by atoms with Crippen LogP contribution in [0.5, 0.6) is 5.75 Å². The van der Waals surface area contributed by atoms with Crippen molar-refractivity contribution in [2.45, 2.75) is 19.6 Å². The molecule has 2 aromatic carbocycles. The van der Waals surface area contributed by atoms with E-state index >= 15 is 0 Å². The van der Waals surface area contributed by atoms with Crippen LogP contribution in [0, 0.1) is 12.7 Å². The molecule has 0 aliphatic heterocycles. The molecule has 0 unspecified atom stereocenters. The molecule has 10 heteroatoms. The van der Waals surface area contributed by atoms with Crippen LogP contribution < -0.4 is 15.6 Å². The molecule has 5 nitrogen and oxygen atoms in total. The second kappa shape index (κ2) is 8.35. The first-order valence-corrected chi connectivity index (χ1v) is 9.01. The lowest BCUT2D eigenvalue weighted by atomic mass is 10.1. The summed E-state index contributed by atoms with van der Waals surface area (Å²) < 4.78 is 59.1. The normalized spacial score (nSPS) is 11.4. The Hall–Kier alpha value is -3.07. The topological polar surface area (TPSA) is 56.1 Å². The summed E-state index contributed by atoms with van der Waals surface area (Å²) in [5.74, 6) is -1.40. The van der Waals surface area contributed by atoms with Gasteiger partial charge in [0.2, 0.25) is 11.7 Å². The first-order chi connectivity index (χ1) is 14.1. The number of halogens is 5. The van der Waals surface area contributed by atoms with Crippen LogP contribution in [0.15, 0.2) is 47.4 Å². The highest BCUT2D eigenvalue weighted by Gasteiger charge is 2.34. The molecular weight excluding hydrogens is 426 g/mol. The molecule has 3 rings (SSSR count). The van der Waals surface area contributed by atoms with Gasteiger partial charge in [0.05, 0.1) is 25.4 Å². The number of benzene rings is 2. The third-order valence-corrected chi connectivity index (χ3v) is 4.80. The van der Waals surface area contributed by atoms with Crippen LogP contribution in [0.4, 0.5) is 29.2 Å². The van der Waals surface area contributed by atoms with E-state index in [-0.39, 0.29) is 23.8 Å². The Morgan fingerprint density at radius 3 is 2.63 bits per heavy atom. The summed E-state index contributed by atoms with van der Waals surface area (Å²) in [6.07, 6.45) is -3.52. The van der Waals surface area contributed by atoms with Crippen LogP contribution in [0.1, 0.15) is 16.7 Å². The molecule has 30 heavy (non-hydrogen) atoms. The molecule has 1 heterocycles. The number of hydrogen-bond donors (Lipinski definition) is 1. The fourth-order valence-electron chi connectivity index (χ4n) is 2.78. The predicted octanol–water partition coefficient (Wildman–Crippen LogP) is 5.16. The first kappa shape index (κ1) is 21.6. The van der Waals surface area contributed by atoms with E-state index in [2.05, 4.69) is 10.3 Å². The monoisotopic (exact) mass is 441 g/mol. The van der Waals surface area contributed by atoms with Gasteiger partial charge in [-0.1, -0.05) is 23.7 Å². The molecular formula is C20H16ClF4N3O2. The highest BCUT2D eigenvalue weighted by molar-refractivity contribution is 6.31. The number of methoxy groups -OCH3 is 1. The third kappa shape index (κ3) is 4.56. The minimum Gasteiger partial charge on any atom is -0.490 e. The molecule has 0 radical (unpaired) electrons. The van der Waals surface area contributed by atoms with Crippen molar-refractivity contribution in [1.82, 2.24) is 9.55 Å². The van der Waals surface area contributed by atoms with Gasteiger partial charge in [-0.2, -0.15) is 18.2 Å². The summed E-state index contributed by atoms with van der Waals surface area (Å²) >= 11 is 6.11. The van der Waals surface area contributed by atoms with Gasteiger partial charge in [0.1, 0.15) is 5.82 Å². The molecule has 0 amide bonds. The Balaban J connectivity index is 2.06. The van der Waals surface area contributed by atoms with Gasteiger partial charge in [0, 0.05) is 10.7 Å². The van der Waals surface area contributed by atoms with Gasteiger partial charge in [0.15, 0.2) is 0 Å². The molecule has 1 N–H and O–H groups in total. The maximum absolute atomic E-state index is 13.6. The first-order valence-electron chi connectivity index (χ1n) is 8.63. The zero-order valence-electron chi connectivity index (χ0n) is 15.8. The molecule has 0 aliphatic carbocycles. The summed E-state index contributed by atoms with van der Waals surface area (Å²) in [7, 11) is 1.27. The van der Waals surface area contributed by atoms with E-state index in [1.807, 2.05) is 0 Å². The van der Waals surface area contributed by atoms with Gasteiger partial charge < -0.3 is 14.6 Å². The summed E-state index contributed by atoms with van der Waals surface area (Å²) in [4.78, 5) is 16.1. The number of rotatable bonds is 5. The van der Waals surface area contributed by atoms with E-state index in [1.165, 1.54) is 23.9 Å². The van der Waals surface area contributed by atoms with Crippen molar-refractivity contribution in [3.05, 3.63) is 80.5 Å². The van der Waals surface area contributed by atoms with E-state index in [0.29, 0.717) is 22.3 Å². The lowest BCUT2D eigenvalue weighted by molar-refractivity contribution is -0.140. The number of ether oxygens (including phenoxy) is 1. The lowest BCUT2D eigenvalue weighted by Gasteiger charge is -2.17. The predicted molar refractivity (Wildman–Crippen MR) is 105 cm³/mol. The van der Waals surface area contributed by atoms with Gasteiger partial charge in [-0.05, 0) is 42.3 Å². The summed E-state index contributed by atoms with van der Waals surface area (Å²) in [5.41, 5.74) is -0.630. The minimum atomic E-state index is -4.83. The molecule has 0 spiro atoms. The van der Waals surface area contributed by atoms with E-state index < -0.39 is 23.1 Å². The zero-order chi connectivity index (χ0) is 22.1. The smallest absolute Gasteiger partial charge is 0.419 e. The lowest BCUT2D eigenvalue weighted by Crippen LogP contribution is -2.19. The Kier molecular flexibility index (Phi) is 6.02. The average molecular weight is 442 g/mol. The van der Waals surface area contributed by atoms with Crippen molar-refractivity contribution >= 4 is 23.2 Å². The molecule has 0 saturated heterocycles. The van der Waals surface area contributed by atoms with Crippen LogP contribution in [0.25, 0.3) is 0 Å². The second-order valence-electron chi connectivity index (χ2n) is 6.42. The van der Waals surface area contributed by atoms with E-state index in [4.69, 9.17) is 16.3 Å². The standard InChI is InChI=1S/C20H16ClF4N3O2/c1-11-14(21)4-3-5-16(11)26-19-27-18(29)17(30-2)10-28(19)9-12-6-7-15(22)13(8-12)20(23,24)25/h3-8,10H,9H2,1-2H3,(H,26,27,29). The maximum Gasteiger partial charge on any atom is 0.419 e. The van der Waals surface area contributed by atoms with Crippen LogP contribution >= 0.6 is 11.6 Å². The second-order valence-corrected chi connectivity index (χ2v) is 6.82. The highest BCUT2D eigenvalue weighted by atomic mass is 35.5. The molecule has 0 aliphatic rings. The molecule has 1 aromatic heterocycles. The van der Waals surface area contributed by atoms with Crippen molar-refractivity contribution in [3.8, 4) is 5.75 Å². The summed E-state index contributed by atoms with van der Waals surface area (Å²) in [6, 6.07) is 7.78. The van der Waals surface area contributed by atoms with Crippen LogP contribution in [0.3, 0.4) is 0 Å². The third-order valence-electron chi connectivity index (χ3n) is 4.39. The molecule has 3 aromatic rings. The largest absolute Gasteiger partial charge is 0.490 e. The van der Waals surface area contributed by atoms with Crippen LogP contribution in [-0.2, 0) is 12.7 Å². The summed E-state index contributed by atoms with van der Waals surface area (Å²) in [6.45, 7) is 1.63. The van der Waals surface area contributed by atoms with Gasteiger partial charge in [0.25, 0.3) is 0 Å². The molecule has 158 valence electrons. The van der Waals surface area contributed by atoms with Crippen molar-refractivity contribution in [1.29, 1.82) is 0 Å². The molecule has 0 saturated carbocycles. The summed E-state index contributed by atoms with van der Waals surface area (Å²) in [5, 5.41) is 3.45. The van der Waals surface area contributed by atoms with Crippen molar-refractivity contribution in [3.63, 3.8) is 0 Å². The van der Waals surface area contributed by atoms with Crippen LogP contribution in [0.2, 0.25) is 5.02 Å². The Bertz CT molecular complexity index is 1150. The average Bonchev–Trinajstić information content (AvgIpc) is 2.68. The number of nitrogens with one attached hydrogen (secondary N) is 1. The Morgan fingerprint density at radius 1 is 1.23 bits per heavy atom. The van der Waals surface area contributed by atoms with Gasteiger partial charge >= 0.3 is 11.7 Å². The fourth-order valence-corrected chi connectivity index (χ4v) is 2.96. The van der Waals surface area contributed by atoms with Gasteiger partial charge in [-0.25, -0.2) is 4.39 Å². The van der Waals surface area contributed by atoms with Crippen molar-refractivity contribution in [2.75, 3.05) is 12.4 Å². The van der Waals surface area contributed by atoms with E-state index in [0.717, 1.165) is 6.07 Å². The number of anilines is 2. The van der Waals surface area contributed by atoms with Crippen molar-refractivity contribution in [2.24, 2.45) is 0 Å². The minimum absolute atomic E-state index is 0.0593. The van der Waals surface area contributed by atoms with Gasteiger partial charge in [-0.3, -0.25) is 4.79 Å². The molecule has 0 atom stereocenters. The zero-order valence-corrected chi connectivity index (χ0v) is 16.6. The van der Waals surface area contributed by atoms with E-state index in [9.17, 15) is 22.4 Å². The Morgan fingerprint density at radius 2 is 1.97 bits per heavy atom.